The highest BCUT2D eigenvalue weighted by atomic mass is 32.2. The summed E-state index contributed by atoms with van der Waals surface area (Å²) in [6.07, 6.45) is 4.85. The van der Waals surface area contributed by atoms with Crippen molar-refractivity contribution >= 4 is 15.9 Å². The van der Waals surface area contributed by atoms with Crippen molar-refractivity contribution in [1.29, 1.82) is 0 Å². The molecule has 6 nitrogen and oxygen atoms in total. The van der Waals surface area contributed by atoms with Crippen LogP contribution in [0.15, 0.2) is 35.4 Å². The summed E-state index contributed by atoms with van der Waals surface area (Å²) in [6, 6.07) is 6.68. The third-order valence-electron chi connectivity index (χ3n) is 5.21. The minimum atomic E-state index is -3.58. The van der Waals surface area contributed by atoms with E-state index in [1.165, 1.54) is 11.6 Å². The Labute approximate surface area is 147 Å². The fourth-order valence-electron chi connectivity index (χ4n) is 3.98. The summed E-state index contributed by atoms with van der Waals surface area (Å²) >= 11 is 0. The molecule has 1 aromatic carbocycles. The number of sulfonamides is 1. The number of hydrogen-bond acceptors (Lipinski definition) is 4. The first-order chi connectivity index (χ1) is 11.9. The summed E-state index contributed by atoms with van der Waals surface area (Å²) in [6.45, 7) is 3.40. The Morgan fingerprint density at radius 3 is 2.60 bits per heavy atom. The molecule has 0 radical (unpaired) electrons. The summed E-state index contributed by atoms with van der Waals surface area (Å²) in [4.78, 5) is 12.0. The predicted molar refractivity (Wildman–Crippen MR) is 92.8 cm³/mol. The number of aromatic nitrogens is 2. The smallest absolute Gasteiger partial charge is 0.243 e. The summed E-state index contributed by atoms with van der Waals surface area (Å²) < 4.78 is 29.6. The Kier molecular flexibility index (Phi) is 3.81. The van der Waals surface area contributed by atoms with Crippen molar-refractivity contribution < 1.29 is 13.2 Å². The van der Waals surface area contributed by atoms with Crippen molar-refractivity contribution in [2.45, 2.75) is 56.5 Å². The van der Waals surface area contributed by atoms with E-state index >= 15 is 0 Å². The molecule has 2 aliphatic heterocycles. The molecule has 4 rings (SSSR count). The lowest BCUT2D eigenvalue weighted by molar-refractivity contribution is 0.0920. The van der Waals surface area contributed by atoms with Crippen molar-refractivity contribution in [3.8, 4) is 0 Å². The Bertz CT molecular complexity index is 931. The van der Waals surface area contributed by atoms with Gasteiger partial charge in [-0.15, -0.1) is 0 Å². The Morgan fingerprint density at radius 2 is 1.92 bits per heavy atom. The van der Waals surface area contributed by atoms with Crippen LogP contribution in [-0.2, 0) is 16.4 Å². The maximum Gasteiger partial charge on any atom is 0.243 e. The normalized spacial score (nSPS) is 23.3. The zero-order chi connectivity index (χ0) is 17.8. The monoisotopic (exact) mass is 359 g/mol. The van der Waals surface area contributed by atoms with Gasteiger partial charge in [-0.25, -0.2) is 13.1 Å². The molecule has 2 aliphatic rings. The first-order valence-corrected chi connectivity index (χ1v) is 10.0. The van der Waals surface area contributed by atoms with Gasteiger partial charge in [-0.1, -0.05) is 17.7 Å². The number of rotatable bonds is 2. The Morgan fingerprint density at radius 1 is 1.20 bits per heavy atom. The van der Waals surface area contributed by atoms with Crippen LogP contribution in [0.2, 0.25) is 0 Å². The number of aryl methyl sites for hydroxylation is 1. The fraction of sp³-hybridized carbons (Fsp3) is 0.444. The number of hydrogen-bond donors (Lipinski definition) is 0. The van der Waals surface area contributed by atoms with Gasteiger partial charge in [-0.05, 0) is 38.3 Å². The predicted octanol–water partition coefficient (Wildman–Crippen LogP) is 2.69. The lowest BCUT2D eigenvalue weighted by atomic mass is 9.86. The molecule has 132 valence electrons. The molecular weight excluding hydrogens is 338 g/mol. The molecule has 0 amide bonds. The van der Waals surface area contributed by atoms with Gasteiger partial charge in [-0.3, -0.25) is 4.79 Å². The molecule has 2 unspecified atom stereocenters. The van der Waals surface area contributed by atoms with Crippen LogP contribution in [0.1, 0.15) is 53.8 Å². The molecule has 1 aromatic heterocycles. The topological polar surface area (TPSA) is 72.3 Å². The minimum Gasteiger partial charge on any atom is -0.273 e. The van der Waals surface area contributed by atoms with E-state index in [2.05, 4.69) is 5.10 Å². The molecule has 25 heavy (non-hydrogen) atoms. The number of nitrogens with zero attached hydrogens (tertiary/aromatic N) is 3. The van der Waals surface area contributed by atoms with Crippen LogP contribution in [0.25, 0.3) is 0 Å². The highest BCUT2D eigenvalue weighted by molar-refractivity contribution is 7.89. The molecule has 0 saturated carbocycles. The SMILES string of the molecule is CC(=O)n1cc2c(n1)CC1CCCC2N1S(=O)(=O)c1ccc(C)cc1. The van der Waals surface area contributed by atoms with Gasteiger partial charge in [0.15, 0.2) is 0 Å². The zero-order valence-electron chi connectivity index (χ0n) is 14.3. The van der Waals surface area contributed by atoms with Crippen LogP contribution in [0.3, 0.4) is 0 Å². The van der Waals surface area contributed by atoms with Crippen molar-refractivity contribution in [2.75, 3.05) is 0 Å². The molecule has 2 aromatic rings. The molecule has 2 bridgehead atoms. The van der Waals surface area contributed by atoms with Gasteiger partial charge in [0, 0.05) is 31.1 Å². The molecule has 0 aliphatic carbocycles. The first kappa shape index (κ1) is 16.5. The van der Waals surface area contributed by atoms with E-state index in [4.69, 9.17) is 0 Å². The van der Waals surface area contributed by atoms with Gasteiger partial charge >= 0.3 is 0 Å². The van der Waals surface area contributed by atoms with Gasteiger partial charge in [0.05, 0.1) is 16.6 Å². The maximum atomic E-state index is 13.3. The third kappa shape index (κ3) is 2.62. The second-order valence-corrected chi connectivity index (χ2v) is 8.79. The Balaban J connectivity index is 1.79. The average Bonchev–Trinajstić information content (AvgIpc) is 2.99. The minimum absolute atomic E-state index is 0.0899. The summed E-state index contributed by atoms with van der Waals surface area (Å²) in [5.74, 6) is -0.156. The molecule has 3 heterocycles. The fourth-order valence-corrected chi connectivity index (χ4v) is 5.83. The van der Waals surface area contributed by atoms with Crippen LogP contribution in [0, 0.1) is 6.92 Å². The molecule has 7 heteroatoms. The zero-order valence-corrected chi connectivity index (χ0v) is 15.2. The van der Waals surface area contributed by atoms with Crippen molar-refractivity contribution in [3.05, 3.63) is 47.3 Å². The van der Waals surface area contributed by atoms with E-state index in [0.717, 1.165) is 36.1 Å². The van der Waals surface area contributed by atoms with E-state index in [0.29, 0.717) is 11.3 Å². The van der Waals surface area contributed by atoms with Crippen molar-refractivity contribution in [2.24, 2.45) is 0 Å². The van der Waals surface area contributed by atoms with Gasteiger partial charge in [0.2, 0.25) is 15.9 Å². The van der Waals surface area contributed by atoms with Crippen molar-refractivity contribution in [3.63, 3.8) is 0 Å². The van der Waals surface area contributed by atoms with E-state index in [-0.39, 0.29) is 18.0 Å². The van der Waals surface area contributed by atoms with E-state index in [1.807, 2.05) is 19.1 Å². The number of fused-ring (bicyclic) bond motifs is 4. The first-order valence-electron chi connectivity index (χ1n) is 8.57. The largest absolute Gasteiger partial charge is 0.273 e. The van der Waals surface area contributed by atoms with Crippen LogP contribution in [0.5, 0.6) is 0 Å². The number of carbonyl (C=O) groups is 1. The number of benzene rings is 1. The van der Waals surface area contributed by atoms with Gasteiger partial charge in [0.25, 0.3) is 0 Å². The molecule has 0 N–H and O–H groups in total. The summed E-state index contributed by atoms with van der Waals surface area (Å²) in [5.41, 5.74) is 2.77. The Hall–Kier alpha value is -1.99. The third-order valence-corrected chi connectivity index (χ3v) is 7.19. The van der Waals surface area contributed by atoms with E-state index in [1.54, 1.807) is 22.6 Å². The number of carbonyl (C=O) groups excluding carboxylic acids is 1. The molecule has 2 atom stereocenters. The lowest BCUT2D eigenvalue weighted by Crippen LogP contribution is -2.49. The van der Waals surface area contributed by atoms with Gasteiger partial charge < -0.3 is 0 Å². The van der Waals surface area contributed by atoms with E-state index < -0.39 is 10.0 Å². The van der Waals surface area contributed by atoms with Crippen LogP contribution in [0.4, 0.5) is 0 Å². The van der Waals surface area contributed by atoms with Crippen LogP contribution < -0.4 is 0 Å². The van der Waals surface area contributed by atoms with Gasteiger partial charge in [0.1, 0.15) is 0 Å². The second kappa shape index (κ2) is 5.78. The van der Waals surface area contributed by atoms with Crippen molar-refractivity contribution in [1.82, 2.24) is 14.1 Å². The average molecular weight is 359 g/mol. The second-order valence-electron chi connectivity index (χ2n) is 6.95. The highest BCUT2D eigenvalue weighted by Gasteiger charge is 2.45. The maximum absolute atomic E-state index is 13.3. The van der Waals surface area contributed by atoms with Crippen LogP contribution >= 0.6 is 0 Å². The van der Waals surface area contributed by atoms with Crippen LogP contribution in [-0.4, -0.2) is 34.5 Å². The molecule has 1 saturated heterocycles. The highest BCUT2D eigenvalue weighted by Crippen LogP contribution is 2.44. The molecule has 0 spiro atoms. The van der Waals surface area contributed by atoms with Gasteiger partial charge in [-0.2, -0.15) is 9.40 Å². The quantitative estimate of drug-likeness (QED) is 0.826. The summed E-state index contributed by atoms with van der Waals surface area (Å²) in [7, 11) is -3.58. The molecular formula is C18H21N3O3S. The van der Waals surface area contributed by atoms with E-state index in [9.17, 15) is 13.2 Å². The lowest BCUT2D eigenvalue weighted by Gasteiger charge is -2.44. The number of piperidine rings is 1. The summed E-state index contributed by atoms with van der Waals surface area (Å²) in [5, 5.41) is 4.38. The standard InChI is InChI=1S/C18H21N3O3S/c1-12-6-8-15(9-7-12)25(23,24)21-14-4-3-5-18(21)16-11-20(13(2)22)19-17(16)10-14/h6-9,11,14,18H,3-5,10H2,1-2H3. The molecule has 1 fully saturated rings.